The zero-order chi connectivity index (χ0) is 16.1. The summed E-state index contributed by atoms with van der Waals surface area (Å²) in [5.41, 5.74) is 3.23. The topological polar surface area (TPSA) is 58.1 Å². The lowest BCUT2D eigenvalue weighted by Crippen LogP contribution is -2.31. The molecule has 1 aromatic heterocycles. The highest BCUT2D eigenvalue weighted by Gasteiger charge is 2.16. The van der Waals surface area contributed by atoms with Crippen LogP contribution in [-0.4, -0.2) is 33.9 Å². The number of para-hydroxylation sites is 1. The van der Waals surface area contributed by atoms with E-state index in [2.05, 4.69) is 15.3 Å². The minimum Gasteiger partial charge on any atom is -0.338 e. The summed E-state index contributed by atoms with van der Waals surface area (Å²) in [6.07, 6.45) is 0. The average Bonchev–Trinajstić information content (AvgIpc) is 2.50. The SMILES string of the molecule is CCN(CC)C(=O)c1cc(C)nc(Nc2ccccc2C)n1. The van der Waals surface area contributed by atoms with E-state index in [0.717, 1.165) is 16.9 Å². The average molecular weight is 298 g/mol. The molecule has 2 rings (SSSR count). The third kappa shape index (κ3) is 3.61. The van der Waals surface area contributed by atoms with Crippen LogP contribution < -0.4 is 5.32 Å². The standard InChI is InChI=1S/C17H22N4O/c1-5-21(6-2)16(22)15-11-13(4)18-17(20-15)19-14-10-8-7-9-12(14)3/h7-11H,5-6H2,1-4H3,(H,18,19,20). The number of aromatic nitrogens is 2. The number of hydrogen-bond acceptors (Lipinski definition) is 4. The van der Waals surface area contributed by atoms with Crippen LogP contribution in [0.4, 0.5) is 11.6 Å². The predicted molar refractivity (Wildman–Crippen MR) is 88.5 cm³/mol. The number of hydrogen-bond donors (Lipinski definition) is 1. The largest absolute Gasteiger partial charge is 0.338 e. The molecule has 1 N–H and O–H groups in total. The molecule has 5 nitrogen and oxygen atoms in total. The fraction of sp³-hybridized carbons (Fsp3) is 0.353. The molecule has 0 aliphatic heterocycles. The summed E-state index contributed by atoms with van der Waals surface area (Å²) >= 11 is 0. The van der Waals surface area contributed by atoms with Crippen molar-refractivity contribution in [1.29, 1.82) is 0 Å². The van der Waals surface area contributed by atoms with Gasteiger partial charge in [0.25, 0.3) is 5.91 Å². The second kappa shape index (κ2) is 7.02. The van der Waals surface area contributed by atoms with Crippen molar-refractivity contribution in [3.8, 4) is 0 Å². The molecule has 0 spiro atoms. The molecular weight excluding hydrogens is 276 g/mol. The summed E-state index contributed by atoms with van der Waals surface area (Å²) in [6.45, 7) is 9.13. The van der Waals surface area contributed by atoms with E-state index >= 15 is 0 Å². The Labute approximate surface area is 131 Å². The summed E-state index contributed by atoms with van der Waals surface area (Å²) in [5.74, 6) is 0.383. The van der Waals surface area contributed by atoms with Gasteiger partial charge in [0.1, 0.15) is 5.69 Å². The quantitative estimate of drug-likeness (QED) is 0.920. The second-order valence-corrected chi connectivity index (χ2v) is 5.14. The van der Waals surface area contributed by atoms with Crippen LogP contribution in [-0.2, 0) is 0 Å². The molecule has 2 aromatic rings. The number of carbonyl (C=O) groups is 1. The molecule has 0 fully saturated rings. The first-order chi connectivity index (χ1) is 10.5. The first-order valence-electron chi connectivity index (χ1n) is 7.52. The zero-order valence-electron chi connectivity index (χ0n) is 13.6. The number of amides is 1. The molecule has 116 valence electrons. The molecule has 1 amide bonds. The van der Waals surface area contributed by atoms with Gasteiger partial charge in [-0.05, 0) is 45.4 Å². The van der Waals surface area contributed by atoms with Crippen LogP contribution in [0, 0.1) is 13.8 Å². The Morgan fingerprint density at radius 2 is 1.82 bits per heavy atom. The van der Waals surface area contributed by atoms with Gasteiger partial charge in [-0.3, -0.25) is 4.79 Å². The van der Waals surface area contributed by atoms with E-state index in [0.29, 0.717) is 24.7 Å². The molecule has 0 saturated carbocycles. The Morgan fingerprint density at radius 1 is 1.14 bits per heavy atom. The van der Waals surface area contributed by atoms with Crippen LogP contribution in [0.5, 0.6) is 0 Å². The van der Waals surface area contributed by atoms with Gasteiger partial charge in [-0.1, -0.05) is 18.2 Å². The Morgan fingerprint density at radius 3 is 2.45 bits per heavy atom. The highest BCUT2D eigenvalue weighted by molar-refractivity contribution is 5.92. The maximum atomic E-state index is 12.4. The summed E-state index contributed by atoms with van der Waals surface area (Å²) < 4.78 is 0. The van der Waals surface area contributed by atoms with Crippen molar-refractivity contribution in [2.75, 3.05) is 18.4 Å². The fourth-order valence-corrected chi connectivity index (χ4v) is 2.24. The van der Waals surface area contributed by atoms with Crippen molar-refractivity contribution >= 4 is 17.5 Å². The summed E-state index contributed by atoms with van der Waals surface area (Å²) in [4.78, 5) is 22.9. The van der Waals surface area contributed by atoms with Crippen molar-refractivity contribution in [3.05, 3.63) is 47.3 Å². The first-order valence-corrected chi connectivity index (χ1v) is 7.52. The van der Waals surface area contributed by atoms with Crippen LogP contribution in [0.25, 0.3) is 0 Å². The number of benzene rings is 1. The molecule has 0 bridgehead atoms. The third-order valence-corrected chi connectivity index (χ3v) is 3.52. The molecule has 0 saturated heterocycles. The minimum absolute atomic E-state index is 0.0664. The molecule has 0 aliphatic rings. The Hall–Kier alpha value is -2.43. The van der Waals surface area contributed by atoms with E-state index in [1.165, 1.54) is 0 Å². The van der Waals surface area contributed by atoms with E-state index < -0.39 is 0 Å². The summed E-state index contributed by atoms with van der Waals surface area (Å²) in [7, 11) is 0. The number of rotatable bonds is 5. The fourth-order valence-electron chi connectivity index (χ4n) is 2.24. The van der Waals surface area contributed by atoms with E-state index in [1.54, 1.807) is 11.0 Å². The van der Waals surface area contributed by atoms with Crippen LogP contribution in [0.2, 0.25) is 0 Å². The van der Waals surface area contributed by atoms with Gasteiger partial charge in [-0.2, -0.15) is 0 Å². The molecule has 22 heavy (non-hydrogen) atoms. The van der Waals surface area contributed by atoms with E-state index in [4.69, 9.17) is 0 Å². The van der Waals surface area contributed by atoms with Crippen LogP contribution >= 0.6 is 0 Å². The highest BCUT2D eigenvalue weighted by atomic mass is 16.2. The van der Waals surface area contributed by atoms with Gasteiger partial charge in [-0.15, -0.1) is 0 Å². The number of carbonyl (C=O) groups excluding carboxylic acids is 1. The lowest BCUT2D eigenvalue weighted by molar-refractivity contribution is 0.0767. The summed E-state index contributed by atoms with van der Waals surface area (Å²) in [6, 6.07) is 9.64. The van der Waals surface area contributed by atoms with Gasteiger partial charge < -0.3 is 10.2 Å². The van der Waals surface area contributed by atoms with E-state index in [9.17, 15) is 4.79 Å². The first kappa shape index (κ1) is 15.9. The van der Waals surface area contributed by atoms with E-state index in [1.807, 2.05) is 52.0 Å². The maximum absolute atomic E-state index is 12.4. The molecule has 1 heterocycles. The summed E-state index contributed by atoms with van der Waals surface area (Å²) in [5, 5.41) is 3.19. The van der Waals surface area contributed by atoms with Crippen molar-refractivity contribution < 1.29 is 4.79 Å². The minimum atomic E-state index is -0.0664. The van der Waals surface area contributed by atoms with Crippen molar-refractivity contribution in [2.24, 2.45) is 0 Å². The lowest BCUT2D eigenvalue weighted by Gasteiger charge is -2.18. The number of nitrogens with zero attached hydrogens (tertiary/aromatic N) is 3. The van der Waals surface area contributed by atoms with Gasteiger partial charge >= 0.3 is 0 Å². The van der Waals surface area contributed by atoms with Crippen LogP contribution in [0.15, 0.2) is 30.3 Å². The smallest absolute Gasteiger partial charge is 0.272 e. The van der Waals surface area contributed by atoms with Gasteiger partial charge in [0.2, 0.25) is 5.95 Å². The monoisotopic (exact) mass is 298 g/mol. The molecule has 1 aromatic carbocycles. The van der Waals surface area contributed by atoms with Crippen molar-refractivity contribution in [1.82, 2.24) is 14.9 Å². The molecule has 0 unspecified atom stereocenters. The number of aryl methyl sites for hydroxylation is 2. The zero-order valence-corrected chi connectivity index (χ0v) is 13.6. The second-order valence-electron chi connectivity index (χ2n) is 5.14. The molecule has 0 atom stereocenters. The molecule has 5 heteroatoms. The molecular formula is C17H22N4O. The number of nitrogens with one attached hydrogen (secondary N) is 1. The number of anilines is 2. The lowest BCUT2D eigenvalue weighted by atomic mass is 10.2. The van der Waals surface area contributed by atoms with Crippen LogP contribution in [0.1, 0.15) is 35.6 Å². The van der Waals surface area contributed by atoms with E-state index in [-0.39, 0.29) is 5.91 Å². The Balaban J connectivity index is 2.31. The van der Waals surface area contributed by atoms with Gasteiger partial charge in [0, 0.05) is 24.5 Å². The van der Waals surface area contributed by atoms with Crippen LogP contribution in [0.3, 0.4) is 0 Å². The van der Waals surface area contributed by atoms with Crippen molar-refractivity contribution in [3.63, 3.8) is 0 Å². The van der Waals surface area contributed by atoms with Crippen molar-refractivity contribution in [2.45, 2.75) is 27.7 Å². The highest BCUT2D eigenvalue weighted by Crippen LogP contribution is 2.18. The molecule has 0 radical (unpaired) electrons. The normalized spacial score (nSPS) is 10.4. The predicted octanol–water partition coefficient (Wildman–Crippen LogP) is 3.32. The van der Waals surface area contributed by atoms with Gasteiger partial charge in [-0.25, -0.2) is 9.97 Å². The maximum Gasteiger partial charge on any atom is 0.272 e. The third-order valence-electron chi connectivity index (χ3n) is 3.52. The Kier molecular flexibility index (Phi) is 5.09. The van der Waals surface area contributed by atoms with Gasteiger partial charge in [0.15, 0.2) is 0 Å². The Bertz CT molecular complexity index is 665. The van der Waals surface area contributed by atoms with Gasteiger partial charge in [0.05, 0.1) is 0 Å². The molecule has 0 aliphatic carbocycles.